The Hall–Kier alpha value is -0.860. The first-order chi connectivity index (χ1) is 9.21. The van der Waals surface area contributed by atoms with E-state index in [0.29, 0.717) is 11.3 Å². The molecule has 0 bridgehead atoms. The minimum absolute atomic E-state index is 0.613. The van der Waals surface area contributed by atoms with Crippen LogP contribution in [0, 0.1) is 11.3 Å². The molecule has 1 unspecified atom stereocenters. The fourth-order valence-electron chi connectivity index (χ4n) is 3.38. The molecule has 2 nitrogen and oxygen atoms in total. The number of nitrogens with one attached hydrogen (secondary N) is 2. The topological polar surface area (TPSA) is 24.1 Å². The molecule has 1 heterocycles. The summed E-state index contributed by atoms with van der Waals surface area (Å²) in [5, 5.41) is 7.28. The summed E-state index contributed by atoms with van der Waals surface area (Å²) in [5.74, 6) is 1.45. The van der Waals surface area contributed by atoms with Gasteiger partial charge in [0.15, 0.2) is 0 Å². The van der Waals surface area contributed by atoms with Crippen molar-refractivity contribution in [2.75, 3.05) is 19.6 Å². The molecular formula is C17H26N2. The first kappa shape index (κ1) is 13.1. The van der Waals surface area contributed by atoms with Crippen LogP contribution in [0.25, 0.3) is 0 Å². The number of hydrogen-bond donors (Lipinski definition) is 2. The highest BCUT2D eigenvalue weighted by atomic mass is 14.9. The lowest BCUT2D eigenvalue weighted by Gasteiger charge is -2.28. The second-order valence-electron chi connectivity index (χ2n) is 6.67. The van der Waals surface area contributed by atoms with Gasteiger partial charge < -0.3 is 10.6 Å². The Kier molecular flexibility index (Phi) is 3.64. The summed E-state index contributed by atoms with van der Waals surface area (Å²) in [6.45, 7) is 9.18. The van der Waals surface area contributed by atoms with Gasteiger partial charge in [-0.2, -0.15) is 0 Å². The van der Waals surface area contributed by atoms with E-state index in [9.17, 15) is 0 Å². The third-order valence-corrected chi connectivity index (χ3v) is 5.19. The minimum Gasteiger partial charge on any atom is -0.316 e. The molecule has 1 aliphatic heterocycles. The lowest BCUT2D eigenvalue weighted by molar-refractivity contribution is 0.332. The van der Waals surface area contributed by atoms with Crippen LogP contribution < -0.4 is 10.6 Å². The zero-order chi connectivity index (χ0) is 13.3. The monoisotopic (exact) mass is 258 g/mol. The predicted molar refractivity (Wildman–Crippen MR) is 80.3 cm³/mol. The lowest BCUT2D eigenvalue weighted by atomic mass is 9.89. The van der Waals surface area contributed by atoms with E-state index in [1.807, 2.05) is 0 Å². The average Bonchev–Trinajstić information content (AvgIpc) is 3.20. The maximum Gasteiger partial charge on any atom is 0.0208 e. The maximum absolute atomic E-state index is 3.74. The average molecular weight is 258 g/mol. The van der Waals surface area contributed by atoms with E-state index in [-0.39, 0.29) is 0 Å². The van der Waals surface area contributed by atoms with Gasteiger partial charge in [0, 0.05) is 32.1 Å². The summed E-state index contributed by atoms with van der Waals surface area (Å²) >= 11 is 0. The molecule has 1 aromatic carbocycles. The molecule has 0 spiro atoms. The number of benzene rings is 1. The molecule has 19 heavy (non-hydrogen) atoms. The molecule has 1 saturated carbocycles. The van der Waals surface area contributed by atoms with E-state index in [0.717, 1.165) is 25.6 Å². The van der Waals surface area contributed by atoms with Crippen molar-refractivity contribution < 1.29 is 0 Å². The van der Waals surface area contributed by atoms with Crippen molar-refractivity contribution in [2.24, 2.45) is 11.3 Å². The van der Waals surface area contributed by atoms with Gasteiger partial charge in [0.05, 0.1) is 0 Å². The SMILES string of the molecule is CC(C)C1(CNCC2CNCc3ccccc32)CC1. The van der Waals surface area contributed by atoms with Crippen molar-refractivity contribution in [1.29, 1.82) is 0 Å². The van der Waals surface area contributed by atoms with E-state index < -0.39 is 0 Å². The molecule has 1 aromatic rings. The number of rotatable bonds is 5. The van der Waals surface area contributed by atoms with Crippen molar-refractivity contribution >= 4 is 0 Å². The fourth-order valence-corrected chi connectivity index (χ4v) is 3.38. The molecule has 3 rings (SSSR count). The van der Waals surface area contributed by atoms with E-state index in [1.54, 1.807) is 5.56 Å². The van der Waals surface area contributed by atoms with Crippen LogP contribution >= 0.6 is 0 Å². The first-order valence-electron chi connectivity index (χ1n) is 7.70. The van der Waals surface area contributed by atoms with Gasteiger partial charge in [-0.25, -0.2) is 0 Å². The molecule has 0 amide bonds. The van der Waals surface area contributed by atoms with Gasteiger partial charge in [-0.05, 0) is 35.3 Å². The number of hydrogen-bond acceptors (Lipinski definition) is 2. The Bertz CT molecular complexity index is 435. The molecule has 2 N–H and O–H groups in total. The fraction of sp³-hybridized carbons (Fsp3) is 0.647. The summed E-state index contributed by atoms with van der Waals surface area (Å²) in [6, 6.07) is 8.88. The molecule has 2 aliphatic rings. The highest BCUT2D eigenvalue weighted by molar-refractivity contribution is 5.32. The Morgan fingerprint density at radius 3 is 2.84 bits per heavy atom. The Labute approximate surface area is 117 Å². The van der Waals surface area contributed by atoms with E-state index in [1.165, 1.54) is 24.9 Å². The van der Waals surface area contributed by atoms with Gasteiger partial charge in [-0.1, -0.05) is 38.1 Å². The smallest absolute Gasteiger partial charge is 0.0208 e. The predicted octanol–water partition coefficient (Wildman–Crippen LogP) is 2.90. The first-order valence-corrected chi connectivity index (χ1v) is 7.70. The second-order valence-corrected chi connectivity index (χ2v) is 6.67. The van der Waals surface area contributed by atoms with E-state index >= 15 is 0 Å². The van der Waals surface area contributed by atoms with Crippen LogP contribution in [0.1, 0.15) is 43.7 Å². The van der Waals surface area contributed by atoms with Crippen molar-refractivity contribution in [3.8, 4) is 0 Å². The van der Waals surface area contributed by atoms with Crippen molar-refractivity contribution in [1.82, 2.24) is 10.6 Å². The molecule has 1 fully saturated rings. The lowest BCUT2D eigenvalue weighted by Crippen LogP contribution is -2.37. The molecule has 2 heteroatoms. The second kappa shape index (κ2) is 5.26. The van der Waals surface area contributed by atoms with Crippen molar-refractivity contribution in [3.05, 3.63) is 35.4 Å². The summed E-state index contributed by atoms with van der Waals surface area (Å²) in [6.07, 6.45) is 2.83. The molecular weight excluding hydrogens is 232 g/mol. The van der Waals surface area contributed by atoms with Gasteiger partial charge in [0.25, 0.3) is 0 Å². The summed E-state index contributed by atoms with van der Waals surface area (Å²) in [5.41, 5.74) is 3.63. The normalized spacial score (nSPS) is 24.3. The Morgan fingerprint density at radius 1 is 1.32 bits per heavy atom. The van der Waals surface area contributed by atoms with E-state index in [4.69, 9.17) is 0 Å². The molecule has 1 aliphatic carbocycles. The quantitative estimate of drug-likeness (QED) is 0.848. The molecule has 0 aromatic heterocycles. The van der Waals surface area contributed by atoms with Gasteiger partial charge in [0.1, 0.15) is 0 Å². The highest BCUT2D eigenvalue weighted by Gasteiger charge is 2.44. The largest absolute Gasteiger partial charge is 0.316 e. The van der Waals surface area contributed by atoms with Crippen LogP contribution in [0.15, 0.2) is 24.3 Å². The standard InChI is InChI=1S/C17H26N2/c1-13(2)17(7-8-17)12-19-11-15-10-18-9-14-5-3-4-6-16(14)15/h3-6,13,15,18-19H,7-12H2,1-2H3. The zero-order valence-electron chi connectivity index (χ0n) is 12.2. The van der Waals surface area contributed by atoms with Crippen LogP contribution in [0.2, 0.25) is 0 Å². The maximum atomic E-state index is 3.74. The van der Waals surface area contributed by atoms with Crippen LogP contribution in [-0.2, 0) is 6.54 Å². The third-order valence-electron chi connectivity index (χ3n) is 5.19. The van der Waals surface area contributed by atoms with Gasteiger partial charge >= 0.3 is 0 Å². The van der Waals surface area contributed by atoms with Gasteiger partial charge in [0.2, 0.25) is 0 Å². The van der Waals surface area contributed by atoms with Crippen LogP contribution in [-0.4, -0.2) is 19.6 Å². The van der Waals surface area contributed by atoms with Crippen molar-refractivity contribution in [3.63, 3.8) is 0 Å². The molecule has 1 atom stereocenters. The zero-order valence-corrected chi connectivity index (χ0v) is 12.2. The molecule has 0 radical (unpaired) electrons. The number of fused-ring (bicyclic) bond motifs is 1. The van der Waals surface area contributed by atoms with Crippen LogP contribution in [0.5, 0.6) is 0 Å². The minimum atomic E-state index is 0.613. The highest BCUT2D eigenvalue weighted by Crippen LogP contribution is 2.51. The summed E-state index contributed by atoms with van der Waals surface area (Å²) in [4.78, 5) is 0. The Balaban J connectivity index is 1.57. The van der Waals surface area contributed by atoms with Crippen molar-refractivity contribution in [2.45, 2.75) is 39.2 Å². The van der Waals surface area contributed by atoms with E-state index in [2.05, 4.69) is 48.7 Å². The Morgan fingerprint density at radius 2 is 2.11 bits per heavy atom. The third kappa shape index (κ3) is 2.70. The summed E-state index contributed by atoms with van der Waals surface area (Å²) in [7, 11) is 0. The summed E-state index contributed by atoms with van der Waals surface area (Å²) < 4.78 is 0. The van der Waals surface area contributed by atoms with Gasteiger partial charge in [-0.3, -0.25) is 0 Å². The van der Waals surface area contributed by atoms with Crippen LogP contribution in [0.4, 0.5) is 0 Å². The van der Waals surface area contributed by atoms with Crippen LogP contribution in [0.3, 0.4) is 0 Å². The van der Waals surface area contributed by atoms with Gasteiger partial charge in [-0.15, -0.1) is 0 Å². The molecule has 104 valence electrons. The molecule has 0 saturated heterocycles.